The van der Waals surface area contributed by atoms with Crippen LogP contribution in [-0.2, 0) is 15.0 Å². The lowest BCUT2D eigenvalue weighted by Gasteiger charge is -2.29. The fraction of sp³-hybridized carbons (Fsp3) is 0.467. The second-order valence-electron chi connectivity index (χ2n) is 5.38. The minimum Gasteiger partial charge on any atom is -0.481 e. The largest absolute Gasteiger partial charge is 0.481 e. The summed E-state index contributed by atoms with van der Waals surface area (Å²) in [6, 6.07) is 9.16. The van der Waals surface area contributed by atoms with Crippen LogP contribution in [0.25, 0.3) is 0 Å². The van der Waals surface area contributed by atoms with E-state index in [0.29, 0.717) is 5.56 Å². The molecule has 0 saturated heterocycles. The molecule has 4 nitrogen and oxygen atoms in total. The minimum atomic E-state index is -1.17. The number of carboxylic acids is 1. The lowest BCUT2D eigenvalue weighted by Crippen LogP contribution is -2.44. The van der Waals surface area contributed by atoms with Crippen LogP contribution in [0.1, 0.15) is 38.2 Å². The Morgan fingerprint density at radius 3 is 2.42 bits per heavy atom. The normalized spacial score (nSPS) is 18.2. The van der Waals surface area contributed by atoms with E-state index >= 15 is 0 Å². The zero-order valence-electron chi connectivity index (χ0n) is 11.1. The molecule has 1 aliphatic carbocycles. The van der Waals surface area contributed by atoms with E-state index in [-0.39, 0.29) is 18.4 Å². The molecule has 1 amide bonds. The molecule has 19 heavy (non-hydrogen) atoms. The van der Waals surface area contributed by atoms with Crippen molar-refractivity contribution in [1.29, 1.82) is 0 Å². The van der Waals surface area contributed by atoms with Crippen molar-refractivity contribution in [2.45, 2.75) is 44.1 Å². The van der Waals surface area contributed by atoms with Crippen LogP contribution in [0, 0.1) is 0 Å². The number of hydrogen-bond acceptors (Lipinski definition) is 2. The molecule has 1 aliphatic rings. The predicted octanol–water partition coefficient (Wildman–Crippen LogP) is 2.09. The molecule has 2 N–H and O–H groups in total. The van der Waals surface area contributed by atoms with Gasteiger partial charge in [-0.05, 0) is 31.7 Å². The highest BCUT2D eigenvalue weighted by atomic mass is 16.4. The highest BCUT2D eigenvalue weighted by Gasteiger charge is 2.38. The van der Waals surface area contributed by atoms with Crippen LogP contribution in [-0.4, -0.2) is 23.0 Å². The molecule has 0 spiro atoms. The molecule has 1 atom stereocenters. The summed E-state index contributed by atoms with van der Waals surface area (Å²) in [6.45, 7) is 1.60. The van der Waals surface area contributed by atoms with Gasteiger partial charge in [-0.3, -0.25) is 9.59 Å². The highest BCUT2D eigenvalue weighted by Crippen LogP contribution is 2.28. The van der Waals surface area contributed by atoms with E-state index in [1.165, 1.54) is 0 Å². The van der Waals surface area contributed by atoms with Crippen molar-refractivity contribution in [3.05, 3.63) is 35.9 Å². The first-order valence-corrected chi connectivity index (χ1v) is 6.60. The van der Waals surface area contributed by atoms with Crippen LogP contribution in [0.2, 0.25) is 0 Å². The molecule has 1 unspecified atom stereocenters. The minimum absolute atomic E-state index is 0.0250. The average Bonchev–Trinajstić information content (AvgIpc) is 2.34. The standard InChI is InChI=1S/C15H19NO3/c1-15(14(18)19,11-6-3-2-4-7-11)10-13(17)16-12-8-5-9-12/h2-4,6-7,12H,5,8-10H2,1H3,(H,16,17)(H,18,19). The van der Waals surface area contributed by atoms with Gasteiger partial charge in [0, 0.05) is 12.5 Å². The van der Waals surface area contributed by atoms with Gasteiger partial charge < -0.3 is 10.4 Å². The number of carbonyl (C=O) groups is 2. The molecule has 1 saturated carbocycles. The summed E-state index contributed by atoms with van der Waals surface area (Å²) >= 11 is 0. The molecule has 0 aromatic heterocycles. The Kier molecular flexibility index (Phi) is 3.88. The van der Waals surface area contributed by atoms with Gasteiger partial charge in [0.05, 0.1) is 5.41 Å². The first-order chi connectivity index (χ1) is 9.02. The molecular weight excluding hydrogens is 242 g/mol. The van der Waals surface area contributed by atoms with Gasteiger partial charge in [0.2, 0.25) is 5.91 Å². The van der Waals surface area contributed by atoms with Gasteiger partial charge in [0.1, 0.15) is 0 Å². The van der Waals surface area contributed by atoms with E-state index in [4.69, 9.17) is 0 Å². The van der Waals surface area contributed by atoms with Crippen LogP contribution >= 0.6 is 0 Å². The average molecular weight is 261 g/mol. The first-order valence-electron chi connectivity index (χ1n) is 6.60. The maximum Gasteiger partial charge on any atom is 0.314 e. The Bertz CT molecular complexity index is 468. The Morgan fingerprint density at radius 1 is 1.32 bits per heavy atom. The summed E-state index contributed by atoms with van der Waals surface area (Å²) in [5, 5.41) is 12.4. The summed E-state index contributed by atoms with van der Waals surface area (Å²) in [6.07, 6.45) is 3.12. The van der Waals surface area contributed by atoms with Crippen LogP contribution in [0.3, 0.4) is 0 Å². The fourth-order valence-electron chi connectivity index (χ4n) is 2.26. The molecule has 0 radical (unpaired) electrons. The highest BCUT2D eigenvalue weighted by molar-refractivity contribution is 5.89. The van der Waals surface area contributed by atoms with Gasteiger partial charge in [-0.1, -0.05) is 30.3 Å². The zero-order valence-corrected chi connectivity index (χ0v) is 11.1. The number of aliphatic carboxylic acids is 1. The Balaban J connectivity index is 2.11. The molecule has 1 aromatic rings. The van der Waals surface area contributed by atoms with Crippen molar-refractivity contribution in [3.8, 4) is 0 Å². The summed E-state index contributed by atoms with van der Waals surface area (Å²) < 4.78 is 0. The van der Waals surface area contributed by atoms with Crippen molar-refractivity contribution in [2.75, 3.05) is 0 Å². The molecule has 4 heteroatoms. The third-order valence-electron chi connectivity index (χ3n) is 3.87. The van der Waals surface area contributed by atoms with Gasteiger partial charge >= 0.3 is 5.97 Å². The Morgan fingerprint density at radius 2 is 1.95 bits per heavy atom. The van der Waals surface area contributed by atoms with Crippen LogP contribution < -0.4 is 5.32 Å². The Labute approximate surface area is 112 Å². The van der Waals surface area contributed by atoms with Gasteiger partial charge in [0.15, 0.2) is 0 Å². The number of amides is 1. The smallest absolute Gasteiger partial charge is 0.314 e. The van der Waals surface area contributed by atoms with E-state index < -0.39 is 11.4 Å². The molecule has 2 rings (SSSR count). The van der Waals surface area contributed by atoms with Crippen molar-refractivity contribution in [2.24, 2.45) is 0 Å². The predicted molar refractivity (Wildman–Crippen MR) is 71.8 cm³/mol. The van der Waals surface area contributed by atoms with E-state index in [2.05, 4.69) is 5.32 Å². The number of carboxylic acid groups (broad SMARTS) is 1. The first kappa shape index (κ1) is 13.6. The molecule has 0 aliphatic heterocycles. The number of nitrogens with one attached hydrogen (secondary N) is 1. The monoisotopic (exact) mass is 261 g/mol. The quantitative estimate of drug-likeness (QED) is 0.853. The molecule has 1 fully saturated rings. The molecular formula is C15H19NO3. The fourth-order valence-corrected chi connectivity index (χ4v) is 2.26. The molecule has 1 aromatic carbocycles. The van der Waals surface area contributed by atoms with Gasteiger partial charge in [-0.2, -0.15) is 0 Å². The topological polar surface area (TPSA) is 66.4 Å². The number of hydrogen-bond donors (Lipinski definition) is 2. The van der Waals surface area contributed by atoms with Crippen LogP contribution in [0.5, 0.6) is 0 Å². The SMILES string of the molecule is CC(CC(=O)NC1CCC1)(C(=O)O)c1ccccc1. The second-order valence-corrected chi connectivity index (χ2v) is 5.38. The number of carbonyl (C=O) groups excluding carboxylic acids is 1. The molecule has 102 valence electrons. The van der Waals surface area contributed by atoms with Gasteiger partial charge in [-0.25, -0.2) is 0 Å². The lowest BCUT2D eigenvalue weighted by molar-refractivity contribution is -0.145. The zero-order chi connectivity index (χ0) is 13.9. The van der Waals surface area contributed by atoms with Gasteiger partial charge in [0.25, 0.3) is 0 Å². The summed E-state index contributed by atoms with van der Waals surface area (Å²) in [4.78, 5) is 23.5. The molecule has 0 bridgehead atoms. The van der Waals surface area contributed by atoms with Crippen molar-refractivity contribution >= 4 is 11.9 Å². The Hall–Kier alpha value is -1.84. The maximum absolute atomic E-state index is 12.0. The molecule has 0 heterocycles. The van der Waals surface area contributed by atoms with E-state index in [0.717, 1.165) is 19.3 Å². The van der Waals surface area contributed by atoms with E-state index in [9.17, 15) is 14.7 Å². The third kappa shape index (κ3) is 2.95. The van der Waals surface area contributed by atoms with E-state index in [1.54, 1.807) is 31.2 Å². The summed E-state index contributed by atoms with van der Waals surface area (Å²) in [5.74, 6) is -1.15. The number of rotatable bonds is 5. The van der Waals surface area contributed by atoms with Gasteiger partial charge in [-0.15, -0.1) is 0 Å². The van der Waals surface area contributed by atoms with Crippen LogP contribution in [0.4, 0.5) is 0 Å². The van der Waals surface area contributed by atoms with Crippen molar-refractivity contribution in [1.82, 2.24) is 5.32 Å². The van der Waals surface area contributed by atoms with Crippen molar-refractivity contribution < 1.29 is 14.7 Å². The lowest BCUT2D eigenvalue weighted by atomic mass is 9.79. The van der Waals surface area contributed by atoms with Crippen LogP contribution in [0.15, 0.2) is 30.3 Å². The maximum atomic E-state index is 12.0. The number of benzene rings is 1. The van der Waals surface area contributed by atoms with Crippen molar-refractivity contribution in [3.63, 3.8) is 0 Å². The summed E-state index contributed by atoms with van der Waals surface area (Å²) in [7, 11) is 0. The van der Waals surface area contributed by atoms with E-state index in [1.807, 2.05) is 6.07 Å². The third-order valence-corrected chi connectivity index (χ3v) is 3.87. The summed E-state index contributed by atoms with van der Waals surface area (Å²) in [5.41, 5.74) is -0.513. The second kappa shape index (κ2) is 5.43.